The van der Waals surface area contributed by atoms with Gasteiger partial charge in [-0.2, -0.15) is 5.26 Å². The summed E-state index contributed by atoms with van der Waals surface area (Å²) in [6.45, 7) is 0. The first kappa shape index (κ1) is 10.1. The molecule has 0 aliphatic carbocycles. The smallest absolute Gasteiger partial charge is 0.137 e. The van der Waals surface area contributed by atoms with Crippen LogP contribution in [0.2, 0.25) is 0 Å². The van der Waals surface area contributed by atoms with Crippen LogP contribution in [0.5, 0.6) is 0 Å². The second-order valence-corrected chi connectivity index (χ2v) is 3.41. The number of halogens is 1. The molecule has 0 aliphatic heterocycles. The Kier molecular flexibility index (Phi) is 3.78. The highest BCUT2D eigenvalue weighted by molar-refractivity contribution is 7.98. The van der Waals surface area contributed by atoms with Gasteiger partial charge in [0.05, 0.1) is 6.07 Å². The summed E-state index contributed by atoms with van der Waals surface area (Å²) in [5, 5.41) is 8.41. The van der Waals surface area contributed by atoms with Crippen LogP contribution in [0.4, 0.5) is 4.39 Å². The third-order valence-electron chi connectivity index (χ3n) is 1.76. The standard InChI is InChI=1S/C10H10FNS/c1-13-10-8(5-3-7-12)4-2-6-9(10)11/h2,4,6H,3,5H2,1H3. The molecule has 0 radical (unpaired) electrons. The highest BCUT2D eigenvalue weighted by atomic mass is 32.2. The van der Waals surface area contributed by atoms with Gasteiger partial charge in [0.25, 0.3) is 0 Å². The van der Waals surface area contributed by atoms with Crippen molar-refractivity contribution >= 4 is 11.8 Å². The van der Waals surface area contributed by atoms with Crippen LogP contribution in [-0.4, -0.2) is 6.26 Å². The maximum atomic E-state index is 13.2. The molecular formula is C10H10FNS. The van der Waals surface area contributed by atoms with E-state index in [1.54, 1.807) is 6.07 Å². The average Bonchev–Trinajstić information content (AvgIpc) is 2.15. The second kappa shape index (κ2) is 4.88. The van der Waals surface area contributed by atoms with Crippen LogP contribution in [0.25, 0.3) is 0 Å². The number of hydrogen-bond acceptors (Lipinski definition) is 2. The number of thioether (sulfide) groups is 1. The molecule has 0 saturated carbocycles. The summed E-state index contributed by atoms with van der Waals surface area (Å²) in [4.78, 5) is 0.665. The third kappa shape index (κ3) is 2.46. The molecule has 0 unspecified atom stereocenters. The van der Waals surface area contributed by atoms with Crippen molar-refractivity contribution in [3.8, 4) is 6.07 Å². The van der Waals surface area contributed by atoms with Crippen molar-refractivity contribution < 1.29 is 4.39 Å². The number of rotatable bonds is 3. The minimum Gasteiger partial charge on any atom is -0.206 e. The molecule has 0 spiro atoms. The number of hydrogen-bond donors (Lipinski definition) is 0. The molecule has 0 N–H and O–H groups in total. The zero-order valence-electron chi connectivity index (χ0n) is 7.38. The Morgan fingerprint density at radius 1 is 1.54 bits per heavy atom. The van der Waals surface area contributed by atoms with E-state index in [-0.39, 0.29) is 5.82 Å². The van der Waals surface area contributed by atoms with Crippen molar-refractivity contribution in [1.82, 2.24) is 0 Å². The molecule has 0 amide bonds. The SMILES string of the molecule is CSc1c(F)cccc1CCC#N. The first-order valence-corrected chi connectivity index (χ1v) is 5.20. The Labute approximate surface area is 81.6 Å². The fourth-order valence-corrected chi connectivity index (χ4v) is 1.86. The van der Waals surface area contributed by atoms with Gasteiger partial charge in [-0.1, -0.05) is 12.1 Å². The predicted molar refractivity (Wildman–Crippen MR) is 52.1 cm³/mol. The maximum Gasteiger partial charge on any atom is 0.137 e. The van der Waals surface area contributed by atoms with Crippen LogP contribution in [-0.2, 0) is 6.42 Å². The van der Waals surface area contributed by atoms with E-state index in [0.29, 0.717) is 17.7 Å². The molecule has 0 aromatic heterocycles. The van der Waals surface area contributed by atoms with Gasteiger partial charge in [-0.15, -0.1) is 11.8 Å². The lowest BCUT2D eigenvalue weighted by atomic mass is 10.1. The molecule has 0 heterocycles. The zero-order valence-corrected chi connectivity index (χ0v) is 8.20. The quantitative estimate of drug-likeness (QED) is 0.692. The summed E-state index contributed by atoms with van der Waals surface area (Å²) in [6, 6.07) is 7.05. The Morgan fingerprint density at radius 2 is 2.31 bits per heavy atom. The maximum absolute atomic E-state index is 13.2. The van der Waals surface area contributed by atoms with Crippen LogP contribution < -0.4 is 0 Å². The molecule has 1 nitrogen and oxygen atoms in total. The van der Waals surface area contributed by atoms with Gasteiger partial charge in [0.2, 0.25) is 0 Å². The van der Waals surface area contributed by atoms with E-state index >= 15 is 0 Å². The van der Waals surface area contributed by atoms with Gasteiger partial charge in [-0.25, -0.2) is 4.39 Å². The van der Waals surface area contributed by atoms with Gasteiger partial charge < -0.3 is 0 Å². The van der Waals surface area contributed by atoms with E-state index in [4.69, 9.17) is 5.26 Å². The van der Waals surface area contributed by atoms with Gasteiger partial charge in [0.1, 0.15) is 5.82 Å². The normalized spacial score (nSPS) is 9.62. The first-order chi connectivity index (χ1) is 6.29. The van der Waals surface area contributed by atoms with E-state index in [1.165, 1.54) is 17.8 Å². The second-order valence-electron chi connectivity index (χ2n) is 2.59. The minimum atomic E-state index is -0.192. The third-order valence-corrected chi connectivity index (χ3v) is 2.62. The Balaban J connectivity index is 2.93. The van der Waals surface area contributed by atoms with Crippen LogP contribution in [0.15, 0.2) is 23.1 Å². The van der Waals surface area contributed by atoms with Gasteiger partial charge in [-0.05, 0) is 24.3 Å². The Bertz CT molecular complexity index is 330. The van der Waals surface area contributed by atoms with Crippen molar-refractivity contribution in [2.24, 2.45) is 0 Å². The lowest BCUT2D eigenvalue weighted by molar-refractivity contribution is 0.597. The van der Waals surface area contributed by atoms with Crippen LogP contribution in [0.1, 0.15) is 12.0 Å². The number of benzene rings is 1. The van der Waals surface area contributed by atoms with Gasteiger partial charge >= 0.3 is 0 Å². The molecule has 0 atom stereocenters. The summed E-state index contributed by atoms with van der Waals surface area (Å²) in [5.41, 5.74) is 0.925. The zero-order chi connectivity index (χ0) is 9.68. The Morgan fingerprint density at radius 3 is 2.92 bits per heavy atom. The number of nitrogens with zero attached hydrogens (tertiary/aromatic N) is 1. The van der Waals surface area contributed by atoms with Gasteiger partial charge in [0.15, 0.2) is 0 Å². The Hall–Kier alpha value is -1.01. The lowest BCUT2D eigenvalue weighted by Crippen LogP contribution is -1.90. The topological polar surface area (TPSA) is 23.8 Å². The molecule has 0 saturated heterocycles. The highest BCUT2D eigenvalue weighted by Gasteiger charge is 2.05. The van der Waals surface area contributed by atoms with Crippen molar-refractivity contribution in [3.63, 3.8) is 0 Å². The molecule has 0 fully saturated rings. The number of nitriles is 1. The van der Waals surface area contributed by atoms with Crippen molar-refractivity contribution in [3.05, 3.63) is 29.6 Å². The summed E-state index contributed by atoms with van der Waals surface area (Å²) in [5.74, 6) is -0.192. The van der Waals surface area contributed by atoms with E-state index in [2.05, 4.69) is 6.07 Å². The lowest BCUT2D eigenvalue weighted by Gasteiger charge is -2.05. The molecule has 13 heavy (non-hydrogen) atoms. The fourth-order valence-electron chi connectivity index (χ4n) is 1.17. The highest BCUT2D eigenvalue weighted by Crippen LogP contribution is 2.24. The molecular weight excluding hydrogens is 185 g/mol. The van der Waals surface area contributed by atoms with Gasteiger partial charge in [0, 0.05) is 11.3 Å². The van der Waals surface area contributed by atoms with E-state index in [1.807, 2.05) is 12.3 Å². The monoisotopic (exact) mass is 195 g/mol. The van der Waals surface area contributed by atoms with Crippen molar-refractivity contribution in [2.45, 2.75) is 17.7 Å². The molecule has 3 heteroatoms. The summed E-state index contributed by atoms with van der Waals surface area (Å²) in [6.07, 6.45) is 2.91. The summed E-state index contributed by atoms with van der Waals surface area (Å²) < 4.78 is 13.2. The van der Waals surface area contributed by atoms with Crippen LogP contribution in [0, 0.1) is 17.1 Å². The van der Waals surface area contributed by atoms with Crippen molar-refractivity contribution in [2.75, 3.05) is 6.26 Å². The largest absolute Gasteiger partial charge is 0.206 e. The van der Waals surface area contributed by atoms with E-state index < -0.39 is 0 Å². The first-order valence-electron chi connectivity index (χ1n) is 3.98. The predicted octanol–water partition coefficient (Wildman–Crippen LogP) is 3.00. The van der Waals surface area contributed by atoms with Crippen LogP contribution in [0.3, 0.4) is 0 Å². The molecule has 68 valence electrons. The van der Waals surface area contributed by atoms with E-state index in [9.17, 15) is 4.39 Å². The molecule has 1 aromatic rings. The molecule has 1 aromatic carbocycles. The molecule has 0 aliphatic rings. The van der Waals surface area contributed by atoms with Crippen molar-refractivity contribution in [1.29, 1.82) is 5.26 Å². The summed E-state index contributed by atoms with van der Waals surface area (Å²) in [7, 11) is 0. The van der Waals surface area contributed by atoms with E-state index in [0.717, 1.165) is 5.56 Å². The fraction of sp³-hybridized carbons (Fsp3) is 0.300. The minimum absolute atomic E-state index is 0.192. The number of aryl methyl sites for hydroxylation is 1. The summed E-state index contributed by atoms with van der Waals surface area (Å²) >= 11 is 1.39. The molecule has 0 bridgehead atoms. The average molecular weight is 195 g/mol. The molecule has 1 rings (SSSR count). The van der Waals surface area contributed by atoms with Crippen LogP contribution >= 0.6 is 11.8 Å². The van der Waals surface area contributed by atoms with Gasteiger partial charge in [-0.3, -0.25) is 0 Å².